The van der Waals surface area contributed by atoms with Crippen molar-refractivity contribution in [3.63, 3.8) is 0 Å². The zero-order valence-electron chi connectivity index (χ0n) is 13.1. The van der Waals surface area contributed by atoms with E-state index in [1.54, 1.807) is 0 Å². The number of hydrogen-bond acceptors (Lipinski definition) is 1. The minimum atomic E-state index is 0.287. The molecule has 21 heavy (non-hydrogen) atoms. The van der Waals surface area contributed by atoms with Crippen molar-refractivity contribution in [1.29, 1.82) is 0 Å². The Morgan fingerprint density at radius 1 is 1.14 bits per heavy atom. The molecule has 0 radical (unpaired) electrons. The third kappa shape index (κ3) is 3.45. The maximum Gasteiger partial charge on any atom is 0.136 e. The molecule has 2 aliphatic rings. The number of allylic oxidation sites excluding steroid dienone is 2. The van der Waals surface area contributed by atoms with E-state index in [0.717, 1.165) is 25.7 Å². The first-order chi connectivity index (χ1) is 10.2. The molecule has 1 aromatic carbocycles. The summed E-state index contributed by atoms with van der Waals surface area (Å²) in [6.07, 6.45) is 12.5. The van der Waals surface area contributed by atoms with Gasteiger partial charge in [-0.2, -0.15) is 0 Å². The molecule has 112 valence electrons. The summed E-state index contributed by atoms with van der Waals surface area (Å²) in [5, 5.41) is 0. The lowest BCUT2D eigenvalue weighted by atomic mass is 9.81. The van der Waals surface area contributed by atoms with Gasteiger partial charge in [0.05, 0.1) is 0 Å². The van der Waals surface area contributed by atoms with Crippen molar-refractivity contribution < 1.29 is 4.79 Å². The molecule has 1 nitrogen and oxygen atoms in total. The highest BCUT2D eigenvalue weighted by Gasteiger charge is 2.24. The molecule has 0 aromatic heterocycles. The SMILES string of the molecule is CC(c1ccc(CC2CCCC2=O)cc1)C1C=CCCC1. The van der Waals surface area contributed by atoms with Gasteiger partial charge >= 0.3 is 0 Å². The van der Waals surface area contributed by atoms with Crippen LogP contribution in [-0.2, 0) is 11.2 Å². The van der Waals surface area contributed by atoms with Crippen molar-refractivity contribution in [2.24, 2.45) is 11.8 Å². The van der Waals surface area contributed by atoms with Crippen LogP contribution in [0.4, 0.5) is 0 Å². The minimum Gasteiger partial charge on any atom is -0.299 e. The molecule has 1 heteroatoms. The van der Waals surface area contributed by atoms with Gasteiger partial charge in [0.1, 0.15) is 5.78 Å². The highest BCUT2D eigenvalue weighted by molar-refractivity contribution is 5.83. The second-order valence-corrected chi connectivity index (χ2v) is 6.81. The average Bonchev–Trinajstić information content (AvgIpc) is 2.93. The quantitative estimate of drug-likeness (QED) is 0.706. The molecule has 1 fully saturated rings. The molecule has 0 saturated heterocycles. The zero-order chi connectivity index (χ0) is 14.7. The molecule has 1 saturated carbocycles. The molecular weight excluding hydrogens is 256 g/mol. The first-order valence-electron chi connectivity index (χ1n) is 8.52. The number of carbonyl (C=O) groups is 1. The van der Waals surface area contributed by atoms with Crippen LogP contribution in [0.25, 0.3) is 0 Å². The predicted molar refractivity (Wildman–Crippen MR) is 87.4 cm³/mol. The monoisotopic (exact) mass is 282 g/mol. The summed E-state index contributed by atoms with van der Waals surface area (Å²) in [5.41, 5.74) is 2.76. The first kappa shape index (κ1) is 14.6. The van der Waals surface area contributed by atoms with Gasteiger partial charge in [0.25, 0.3) is 0 Å². The largest absolute Gasteiger partial charge is 0.299 e. The van der Waals surface area contributed by atoms with Crippen molar-refractivity contribution in [3.05, 3.63) is 47.5 Å². The van der Waals surface area contributed by atoms with Gasteiger partial charge in [-0.3, -0.25) is 4.79 Å². The van der Waals surface area contributed by atoms with Gasteiger partial charge in [0, 0.05) is 12.3 Å². The van der Waals surface area contributed by atoms with E-state index >= 15 is 0 Å². The van der Waals surface area contributed by atoms with Crippen LogP contribution in [0.5, 0.6) is 0 Å². The molecule has 0 heterocycles. The summed E-state index contributed by atoms with van der Waals surface area (Å²) in [5.74, 6) is 2.05. The molecule has 3 unspecified atom stereocenters. The van der Waals surface area contributed by atoms with Crippen LogP contribution in [0.1, 0.15) is 62.5 Å². The molecule has 0 amide bonds. The van der Waals surface area contributed by atoms with E-state index in [-0.39, 0.29) is 5.92 Å². The molecular formula is C20H26O. The van der Waals surface area contributed by atoms with Crippen LogP contribution in [0.15, 0.2) is 36.4 Å². The highest BCUT2D eigenvalue weighted by atomic mass is 16.1. The van der Waals surface area contributed by atoms with E-state index in [4.69, 9.17) is 0 Å². The molecule has 0 bridgehead atoms. The predicted octanol–water partition coefficient (Wildman–Crippen LogP) is 5.06. The normalized spacial score (nSPS) is 27.0. The summed E-state index contributed by atoms with van der Waals surface area (Å²) < 4.78 is 0. The summed E-state index contributed by atoms with van der Waals surface area (Å²) >= 11 is 0. The minimum absolute atomic E-state index is 0.287. The van der Waals surface area contributed by atoms with Gasteiger partial charge in [0.15, 0.2) is 0 Å². The highest BCUT2D eigenvalue weighted by Crippen LogP contribution is 2.32. The van der Waals surface area contributed by atoms with Crippen LogP contribution >= 0.6 is 0 Å². The van der Waals surface area contributed by atoms with E-state index in [1.165, 1.54) is 30.4 Å². The molecule has 0 aliphatic heterocycles. The molecule has 0 N–H and O–H groups in total. The molecule has 3 rings (SSSR count). The van der Waals surface area contributed by atoms with Crippen molar-refractivity contribution in [2.45, 2.75) is 57.8 Å². The van der Waals surface area contributed by atoms with Crippen LogP contribution in [0, 0.1) is 11.8 Å². The summed E-state index contributed by atoms with van der Waals surface area (Å²) in [7, 11) is 0. The van der Waals surface area contributed by atoms with Gasteiger partial charge in [-0.1, -0.05) is 43.3 Å². The fourth-order valence-electron chi connectivity index (χ4n) is 3.85. The lowest BCUT2D eigenvalue weighted by molar-refractivity contribution is -0.120. The van der Waals surface area contributed by atoms with Crippen LogP contribution in [0.3, 0.4) is 0 Å². The molecule has 3 atom stereocenters. The van der Waals surface area contributed by atoms with E-state index < -0.39 is 0 Å². The summed E-state index contributed by atoms with van der Waals surface area (Å²) in [4.78, 5) is 11.8. The lowest BCUT2D eigenvalue weighted by Gasteiger charge is -2.24. The summed E-state index contributed by atoms with van der Waals surface area (Å²) in [6.45, 7) is 2.34. The maximum absolute atomic E-state index is 11.8. The van der Waals surface area contributed by atoms with E-state index in [1.807, 2.05) is 0 Å². The third-order valence-electron chi connectivity index (χ3n) is 5.35. The smallest absolute Gasteiger partial charge is 0.136 e. The van der Waals surface area contributed by atoms with E-state index in [0.29, 0.717) is 17.6 Å². The lowest BCUT2D eigenvalue weighted by Crippen LogP contribution is -2.11. The standard InChI is InChI=1S/C20H26O/c1-15(17-6-3-2-4-7-17)18-12-10-16(11-13-18)14-19-8-5-9-20(19)21/h3,6,10-13,15,17,19H,2,4-5,7-9,14H2,1H3. The average molecular weight is 282 g/mol. The Kier molecular flexibility index (Phi) is 4.57. The van der Waals surface area contributed by atoms with Crippen molar-refractivity contribution in [3.8, 4) is 0 Å². The Morgan fingerprint density at radius 2 is 1.95 bits per heavy atom. The number of carbonyl (C=O) groups excluding carboxylic acids is 1. The van der Waals surface area contributed by atoms with Gasteiger partial charge in [-0.15, -0.1) is 0 Å². The maximum atomic E-state index is 11.8. The number of rotatable bonds is 4. The van der Waals surface area contributed by atoms with Gasteiger partial charge in [-0.25, -0.2) is 0 Å². The second kappa shape index (κ2) is 6.60. The molecule has 1 aromatic rings. The Labute approximate surface area is 128 Å². The first-order valence-corrected chi connectivity index (χ1v) is 8.52. The van der Waals surface area contributed by atoms with Gasteiger partial charge in [-0.05, 0) is 61.5 Å². The molecule has 0 spiro atoms. The Bertz CT molecular complexity index is 511. The Hall–Kier alpha value is -1.37. The van der Waals surface area contributed by atoms with Crippen LogP contribution in [-0.4, -0.2) is 5.78 Å². The fourth-order valence-corrected chi connectivity index (χ4v) is 3.85. The van der Waals surface area contributed by atoms with Crippen molar-refractivity contribution in [2.75, 3.05) is 0 Å². The van der Waals surface area contributed by atoms with Crippen LogP contribution in [0.2, 0.25) is 0 Å². The van der Waals surface area contributed by atoms with E-state index in [9.17, 15) is 4.79 Å². The third-order valence-corrected chi connectivity index (χ3v) is 5.35. The van der Waals surface area contributed by atoms with Crippen molar-refractivity contribution in [1.82, 2.24) is 0 Å². The summed E-state index contributed by atoms with van der Waals surface area (Å²) in [6, 6.07) is 9.04. The van der Waals surface area contributed by atoms with E-state index in [2.05, 4.69) is 43.3 Å². The fraction of sp³-hybridized carbons (Fsp3) is 0.550. The zero-order valence-corrected chi connectivity index (χ0v) is 13.1. The molecule has 2 aliphatic carbocycles. The van der Waals surface area contributed by atoms with Crippen LogP contribution < -0.4 is 0 Å². The Balaban J connectivity index is 1.64. The van der Waals surface area contributed by atoms with Gasteiger partial charge in [0.2, 0.25) is 0 Å². The van der Waals surface area contributed by atoms with Crippen molar-refractivity contribution >= 4 is 5.78 Å². The topological polar surface area (TPSA) is 17.1 Å². The number of ketones is 1. The number of benzene rings is 1. The number of Topliss-reactive ketones (excluding diaryl/α,β-unsaturated/α-hetero) is 1. The Morgan fingerprint density at radius 3 is 2.57 bits per heavy atom. The van der Waals surface area contributed by atoms with Gasteiger partial charge < -0.3 is 0 Å². The second-order valence-electron chi connectivity index (χ2n) is 6.81. The number of hydrogen-bond donors (Lipinski definition) is 0.